The molecule has 8 heteroatoms. The number of halogens is 1. The molecule has 0 atom stereocenters. The molecule has 122 valence electrons. The summed E-state index contributed by atoms with van der Waals surface area (Å²) < 4.78 is 34.9. The van der Waals surface area contributed by atoms with E-state index in [1.165, 1.54) is 25.3 Å². The van der Waals surface area contributed by atoms with Crippen LogP contribution in [0, 0.1) is 0 Å². The molecule has 6 nitrogen and oxygen atoms in total. The summed E-state index contributed by atoms with van der Waals surface area (Å²) in [4.78, 5) is 11.9. The monoisotopic (exact) mass is 355 g/mol. The average Bonchev–Trinajstić information content (AvgIpc) is 2.45. The Kier molecular flexibility index (Phi) is 5.12. The van der Waals surface area contributed by atoms with Crippen molar-refractivity contribution in [3.05, 3.63) is 53.1 Å². The van der Waals surface area contributed by atoms with Crippen LogP contribution in [0.25, 0.3) is 0 Å². The number of ether oxygens (including phenoxy) is 2. The molecule has 0 fully saturated rings. The molecule has 0 saturated heterocycles. The lowest BCUT2D eigenvalue weighted by molar-refractivity contribution is 0.0978. The van der Waals surface area contributed by atoms with Gasteiger partial charge in [0.15, 0.2) is 0 Å². The summed E-state index contributed by atoms with van der Waals surface area (Å²) in [5, 5.41) is 0.526. The van der Waals surface area contributed by atoms with Gasteiger partial charge in [0.1, 0.15) is 17.2 Å². The van der Waals surface area contributed by atoms with Crippen LogP contribution >= 0.6 is 11.6 Å². The minimum absolute atomic E-state index is 0.0800. The van der Waals surface area contributed by atoms with Crippen molar-refractivity contribution in [1.82, 2.24) is 4.72 Å². The van der Waals surface area contributed by atoms with E-state index < -0.39 is 15.9 Å². The number of hydrogen-bond donors (Lipinski definition) is 1. The highest BCUT2D eigenvalue weighted by atomic mass is 35.5. The molecular weight excluding hydrogens is 342 g/mol. The van der Waals surface area contributed by atoms with Crippen LogP contribution in [0.3, 0.4) is 0 Å². The maximum Gasteiger partial charge on any atom is 0.268 e. The second-order valence-electron chi connectivity index (χ2n) is 4.62. The van der Waals surface area contributed by atoms with E-state index in [4.69, 9.17) is 21.1 Å². The third-order valence-electron chi connectivity index (χ3n) is 2.73. The number of sulfonamides is 1. The summed E-state index contributed by atoms with van der Waals surface area (Å²) in [6.45, 7) is 0. The molecule has 23 heavy (non-hydrogen) atoms. The highest BCUT2D eigenvalue weighted by molar-refractivity contribution is 7.89. The Morgan fingerprint density at radius 3 is 2.43 bits per heavy atom. The highest BCUT2D eigenvalue weighted by Gasteiger charge is 2.17. The second kappa shape index (κ2) is 6.89. The molecule has 0 bridgehead atoms. The Morgan fingerprint density at radius 2 is 1.83 bits per heavy atom. The van der Waals surface area contributed by atoms with Gasteiger partial charge in [-0.25, -0.2) is 13.1 Å². The summed E-state index contributed by atoms with van der Waals surface area (Å²) in [5.41, 5.74) is 0.0800. The molecule has 0 aliphatic carbocycles. The van der Waals surface area contributed by atoms with E-state index in [1.807, 2.05) is 4.72 Å². The van der Waals surface area contributed by atoms with E-state index in [1.54, 1.807) is 24.3 Å². The topological polar surface area (TPSA) is 81.7 Å². The number of hydrogen-bond acceptors (Lipinski definition) is 5. The lowest BCUT2D eigenvalue weighted by Gasteiger charge is -2.11. The van der Waals surface area contributed by atoms with Crippen molar-refractivity contribution in [3.63, 3.8) is 0 Å². The summed E-state index contributed by atoms with van der Waals surface area (Å²) in [6.07, 6.45) is 0.897. The standard InChI is InChI=1S/C15H14ClNO5S/c1-21-14-9-12(22-11-5-3-4-10(16)8-11)6-7-13(14)15(18)17-23(2,19)20/h3-9H,1-2H3,(H,17,18). The number of rotatable bonds is 5. The molecule has 0 spiro atoms. The van der Waals surface area contributed by atoms with Crippen LogP contribution in [0.15, 0.2) is 42.5 Å². The van der Waals surface area contributed by atoms with Gasteiger partial charge in [-0.3, -0.25) is 4.79 Å². The Balaban J connectivity index is 2.27. The second-order valence-corrected chi connectivity index (χ2v) is 6.81. The molecule has 0 saturated carbocycles. The normalized spacial score (nSPS) is 10.9. The number of amides is 1. The molecule has 2 aromatic carbocycles. The van der Waals surface area contributed by atoms with Gasteiger partial charge in [0.2, 0.25) is 10.0 Å². The Hall–Kier alpha value is -2.25. The van der Waals surface area contributed by atoms with E-state index in [-0.39, 0.29) is 11.3 Å². The minimum atomic E-state index is -3.66. The van der Waals surface area contributed by atoms with Crippen molar-refractivity contribution < 1.29 is 22.7 Å². The average molecular weight is 356 g/mol. The summed E-state index contributed by atoms with van der Waals surface area (Å²) in [5.74, 6) is 0.345. The molecule has 0 unspecified atom stereocenters. The third-order valence-corrected chi connectivity index (χ3v) is 3.52. The van der Waals surface area contributed by atoms with Gasteiger partial charge in [0.05, 0.1) is 18.9 Å². The van der Waals surface area contributed by atoms with Crippen LogP contribution in [0.5, 0.6) is 17.2 Å². The van der Waals surface area contributed by atoms with E-state index in [9.17, 15) is 13.2 Å². The zero-order chi connectivity index (χ0) is 17.0. The van der Waals surface area contributed by atoms with Crippen LogP contribution in [-0.4, -0.2) is 27.7 Å². The van der Waals surface area contributed by atoms with Gasteiger partial charge in [-0.05, 0) is 30.3 Å². The van der Waals surface area contributed by atoms with Gasteiger partial charge in [0, 0.05) is 11.1 Å². The number of nitrogens with one attached hydrogen (secondary N) is 1. The fraction of sp³-hybridized carbons (Fsp3) is 0.133. The van der Waals surface area contributed by atoms with E-state index in [2.05, 4.69) is 0 Å². The fourth-order valence-corrected chi connectivity index (χ4v) is 2.44. The Morgan fingerprint density at radius 1 is 1.13 bits per heavy atom. The van der Waals surface area contributed by atoms with Gasteiger partial charge in [0.25, 0.3) is 5.91 Å². The molecule has 1 N–H and O–H groups in total. The predicted molar refractivity (Wildman–Crippen MR) is 86.8 cm³/mol. The number of carbonyl (C=O) groups is 1. The molecular formula is C15H14ClNO5S. The number of carbonyl (C=O) groups excluding carboxylic acids is 1. The van der Waals surface area contributed by atoms with Crippen molar-refractivity contribution in [3.8, 4) is 17.2 Å². The minimum Gasteiger partial charge on any atom is -0.496 e. The highest BCUT2D eigenvalue weighted by Crippen LogP contribution is 2.29. The smallest absolute Gasteiger partial charge is 0.268 e. The van der Waals surface area contributed by atoms with E-state index >= 15 is 0 Å². The summed E-state index contributed by atoms with van der Waals surface area (Å²) >= 11 is 5.88. The van der Waals surface area contributed by atoms with E-state index in [0.717, 1.165) is 6.26 Å². The molecule has 0 aliphatic heterocycles. The molecule has 0 aromatic heterocycles. The van der Waals surface area contributed by atoms with Crippen LogP contribution in [0.1, 0.15) is 10.4 Å². The zero-order valence-electron chi connectivity index (χ0n) is 12.4. The molecule has 0 radical (unpaired) electrons. The first kappa shape index (κ1) is 17.1. The quantitative estimate of drug-likeness (QED) is 0.891. The molecule has 2 aromatic rings. The lowest BCUT2D eigenvalue weighted by Crippen LogP contribution is -2.29. The molecule has 0 aliphatic rings. The first-order valence-electron chi connectivity index (χ1n) is 6.42. The lowest BCUT2D eigenvalue weighted by atomic mass is 10.2. The van der Waals surface area contributed by atoms with Gasteiger partial charge >= 0.3 is 0 Å². The van der Waals surface area contributed by atoms with Crippen LogP contribution in [-0.2, 0) is 10.0 Å². The van der Waals surface area contributed by atoms with Gasteiger partial charge < -0.3 is 9.47 Å². The van der Waals surface area contributed by atoms with E-state index in [0.29, 0.717) is 16.5 Å². The number of methoxy groups -OCH3 is 1. The number of benzene rings is 2. The molecule has 1 amide bonds. The van der Waals surface area contributed by atoms with Crippen molar-refractivity contribution in [2.24, 2.45) is 0 Å². The SMILES string of the molecule is COc1cc(Oc2cccc(Cl)c2)ccc1C(=O)NS(C)(=O)=O. The van der Waals surface area contributed by atoms with Crippen LogP contribution in [0.2, 0.25) is 5.02 Å². The Labute approximate surface area is 139 Å². The molecule has 0 heterocycles. The van der Waals surface area contributed by atoms with Gasteiger partial charge in [-0.2, -0.15) is 0 Å². The van der Waals surface area contributed by atoms with Crippen molar-refractivity contribution in [1.29, 1.82) is 0 Å². The van der Waals surface area contributed by atoms with Gasteiger partial charge in [-0.15, -0.1) is 0 Å². The van der Waals surface area contributed by atoms with Crippen LogP contribution in [0.4, 0.5) is 0 Å². The largest absolute Gasteiger partial charge is 0.496 e. The van der Waals surface area contributed by atoms with Gasteiger partial charge in [-0.1, -0.05) is 17.7 Å². The predicted octanol–water partition coefficient (Wildman–Crippen LogP) is 2.83. The zero-order valence-corrected chi connectivity index (χ0v) is 13.9. The summed E-state index contributed by atoms with van der Waals surface area (Å²) in [7, 11) is -2.29. The maximum absolute atomic E-state index is 11.9. The maximum atomic E-state index is 11.9. The third kappa shape index (κ3) is 4.87. The summed E-state index contributed by atoms with van der Waals surface area (Å²) in [6, 6.07) is 11.2. The van der Waals surface area contributed by atoms with Crippen molar-refractivity contribution >= 4 is 27.5 Å². The Bertz CT molecular complexity index is 836. The van der Waals surface area contributed by atoms with Crippen LogP contribution < -0.4 is 14.2 Å². The van der Waals surface area contributed by atoms with Crippen molar-refractivity contribution in [2.75, 3.05) is 13.4 Å². The molecule has 2 rings (SSSR count). The first-order chi connectivity index (χ1) is 10.8. The van der Waals surface area contributed by atoms with Crippen molar-refractivity contribution in [2.45, 2.75) is 0 Å². The fourth-order valence-electron chi connectivity index (χ4n) is 1.81. The first-order valence-corrected chi connectivity index (χ1v) is 8.69.